The zero-order valence-electron chi connectivity index (χ0n) is 20.8. The van der Waals surface area contributed by atoms with E-state index in [4.69, 9.17) is 9.47 Å². The van der Waals surface area contributed by atoms with Crippen LogP contribution in [0.3, 0.4) is 0 Å². The molecule has 0 radical (unpaired) electrons. The number of ether oxygens (including phenoxy) is 2. The zero-order chi connectivity index (χ0) is 23.3. The second kappa shape index (κ2) is 20.2. The van der Waals surface area contributed by atoms with Crippen LogP contribution in [-0.4, -0.2) is 74.2 Å². The van der Waals surface area contributed by atoms with Crippen molar-refractivity contribution in [1.82, 2.24) is 9.80 Å². The first-order valence-electron chi connectivity index (χ1n) is 13.0. The molecule has 0 bridgehead atoms. The molecular formula is C26H48N2O4. The van der Waals surface area contributed by atoms with Gasteiger partial charge in [0.05, 0.1) is 0 Å². The third-order valence-electron chi connectivity index (χ3n) is 5.99. The van der Waals surface area contributed by atoms with E-state index in [1.807, 2.05) is 0 Å². The molecule has 0 aromatic rings. The predicted octanol–water partition coefficient (Wildman–Crippen LogP) is 4.97. The molecule has 1 fully saturated rings. The molecule has 0 atom stereocenters. The third kappa shape index (κ3) is 17.2. The smallest absolute Gasteiger partial charge is 0.305 e. The van der Waals surface area contributed by atoms with Crippen LogP contribution in [0, 0.1) is 0 Å². The van der Waals surface area contributed by atoms with Gasteiger partial charge in [0.25, 0.3) is 0 Å². The van der Waals surface area contributed by atoms with Gasteiger partial charge < -0.3 is 9.47 Å². The molecule has 1 rings (SSSR count). The summed E-state index contributed by atoms with van der Waals surface area (Å²) in [4.78, 5) is 27.3. The Morgan fingerprint density at radius 2 is 1.22 bits per heavy atom. The average molecular weight is 453 g/mol. The van der Waals surface area contributed by atoms with Gasteiger partial charge in [0.2, 0.25) is 0 Å². The highest BCUT2D eigenvalue weighted by Crippen LogP contribution is 2.09. The number of unbranched alkanes of at least 4 members (excludes halogenated alkanes) is 9. The summed E-state index contributed by atoms with van der Waals surface area (Å²) >= 11 is 0. The highest BCUT2D eigenvalue weighted by atomic mass is 16.5. The van der Waals surface area contributed by atoms with Gasteiger partial charge in [-0.25, -0.2) is 0 Å². The molecular weight excluding hydrogens is 404 g/mol. The first-order valence-corrected chi connectivity index (χ1v) is 13.0. The largest absolute Gasteiger partial charge is 0.465 e. The highest BCUT2D eigenvalue weighted by Gasteiger charge is 2.17. The van der Waals surface area contributed by atoms with Gasteiger partial charge in [-0.2, -0.15) is 0 Å². The van der Waals surface area contributed by atoms with Gasteiger partial charge in [-0.05, 0) is 32.1 Å². The topological polar surface area (TPSA) is 59.1 Å². The Kier molecular flexibility index (Phi) is 18.1. The molecule has 1 saturated heterocycles. The first-order chi connectivity index (χ1) is 15.6. The van der Waals surface area contributed by atoms with Gasteiger partial charge in [0.15, 0.2) is 0 Å². The molecule has 6 nitrogen and oxygen atoms in total. The van der Waals surface area contributed by atoms with Crippen LogP contribution in [0.15, 0.2) is 12.2 Å². The van der Waals surface area contributed by atoms with Crippen LogP contribution in [0.2, 0.25) is 0 Å². The number of esters is 2. The van der Waals surface area contributed by atoms with Crippen molar-refractivity contribution in [2.45, 2.75) is 90.9 Å². The second-order valence-corrected chi connectivity index (χ2v) is 8.87. The van der Waals surface area contributed by atoms with E-state index < -0.39 is 0 Å². The molecule has 1 aliphatic rings. The zero-order valence-corrected chi connectivity index (χ0v) is 20.8. The van der Waals surface area contributed by atoms with Gasteiger partial charge in [-0.3, -0.25) is 19.4 Å². The van der Waals surface area contributed by atoms with Crippen molar-refractivity contribution in [3.63, 3.8) is 0 Å². The van der Waals surface area contributed by atoms with Gasteiger partial charge in [-0.15, -0.1) is 0 Å². The van der Waals surface area contributed by atoms with Crippen LogP contribution in [0.4, 0.5) is 0 Å². The number of nitrogens with zero attached hydrogens (tertiary/aromatic N) is 2. The maximum absolute atomic E-state index is 11.9. The van der Waals surface area contributed by atoms with E-state index in [0.29, 0.717) is 19.6 Å². The first kappa shape index (κ1) is 28.6. The Balaban J connectivity index is 1.86. The van der Waals surface area contributed by atoms with Gasteiger partial charge in [-0.1, -0.05) is 57.6 Å². The van der Waals surface area contributed by atoms with E-state index in [1.54, 1.807) is 0 Å². The van der Waals surface area contributed by atoms with Crippen LogP contribution in [0.1, 0.15) is 90.9 Å². The van der Waals surface area contributed by atoms with E-state index in [0.717, 1.165) is 52.1 Å². The molecule has 0 aliphatic carbocycles. The summed E-state index contributed by atoms with van der Waals surface area (Å²) < 4.78 is 10.4. The lowest BCUT2D eigenvalue weighted by Gasteiger charge is -2.34. The summed E-state index contributed by atoms with van der Waals surface area (Å²) in [5.41, 5.74) is 0. The summed E-state index contributed by atoms with van der Waals surface area (Å²) in [6, 6.07) is 0. The summed E-state index contributed by atoms with van der Waals surface area (Å²) in [5, 5.41) is 0. The fraction of sp³-hybridized carbons (Fsp3) is 0.846. The number of allylic oxidation sites excluding steroid dienone is 2. The second-order valence-electron chi connectivity index (χ2n) is 8.87. The summed E-state index contributed by atoms with van der Waals surface area (Å²) in [6.07, 6.45) is 18.8. The van der Waals surface area contributed by atoms with Crippen molar-refractivity contribution >= 4 is 11.9 Å². The monoisotopic (exact) mass is 452 g/mol. The molecule has 6 heteroatoms. The van der Waals surface area contributed by atoms with Crippen LogP contribution < -0.4 is 0 Å². The Labute approximate surface area is 196 Å². The molecule has 0 saturated carbocycles. The summed E-state index contributed by atoms with van der Waals surface area (Å²) in [5.74, 6) is -0.280. The molecule has 0 aromatic heterocycles. The van der Waals surface area contributed by atoms with E-state index in [1.165, 1.54) is 64.7 Å². The van der Waals surface area contributed by atoms with E-state index >= 15 is 0 Å². The van der Waals surface area contributed by atoms with E-state index in [9.17, 15) is 9.59 Å². The Hall–Kier alpha value is -1.40. The normalized spacial score (nSPS) is 15.3. The average Bonchev–Trinajstić information content (AvgIpc) is 2.78. The molecule has 0 unspecified atom stereocenters. The third-order valence-corrected chi connectivity index (χ3v) is 5.99. The Morgan fingerprint density at radius 3 is 1.78 bits per heavy atom. The number of piperazine rings is 1. The minimum atomic E-state index is -0.221. The summed E-state index contributed by atoms with van der Waals surface area (Å²) in [6.45, 7) is 10.1. The quantitative estimate of drug-likeness (QED) is 0.157. The Morgan fingerprint density at radius 1 is 0.719 bits per heavy atom. The maximum Gasteiger partial charge on any atom is 0.305 e. The number of carbonyl (C=O) groups excluding carboxylic acids is 2. The fourth-order valence-electron chi connectivity index (χ4n) is 3.90. The summed E-state index contributed by atoms with van der Waals surface area (Å²) in [7, 11) is 0. The minimum absolute atomic E-state index is 0.0592. The Bertz CT molecular complexity index is 502. The molecule has 0 N–H and O–H groups in total. The van der Waals surface area contributed by atoms with Gasteiger partial charge >= 0.3 is 11.9 Å². The minimum Gasteiger partial charge on any atom is -0.465 e. The van der Waals surface area contributed by atoms with Crippen molar-refractivity contribution < 1.29 is 19.1 Å². The number of hydrogen-bond acceptors (Lipinski definition) is 6. The van der Waals surface area contributed by atoms with E-state index in [2.05, 4.69) is 28.9 Å². The van der Waals surface area contributed by atoms with Crippen LogP contribution in [0.25, 0.3) is 0 Å². The molecule has 0 amide bonds. The van der Waals surface area contributed by atoms with Gasteiger partial charge in [0.1, 0.15) is 13.2 Å². The molecule has 186 valence electrons. The molecule has 0 spiro atoms. The van der Waals surface area contributed by atoms with Crippen LogP contribution in [-0.2, 0) is 19.1 Å². The van der Waals surface area contributed by atoms with Crippen molar-refractivity contribution in [2.75, 3.05) is 52.5 Å². The van der Waals surface area contributed by atoms with Crippen molar-refractivity contribution in [3.8, 4) is 0 Å². The fourth-order valence-corrected chi connectivity index (χ4v) is 3.90. The molecule has 1 aliphatic heterocycles. The number of carbonyl (C=O) groups is 2. The van der Waals surface area contributed by atoms with Crippen molar-refractivity contribution in [2.24, 2.45) is 0 Å². The molecule has 32 heavy (non-hydrogen) atoms. The SMILES string of the molecule is CCCCCC/C=C/CCCCCCCC(=O)OCCN1CCN(CCOC(C)=O)CC1. The maximum atomic E-state index is 11.9. The number of rotatable bonds is 19. The van der Waals surface area contributed by atoms with Crippen LogP contribution in [0.5, 0.6) is 0 Å². The van der Waals surface area contributed by atoms with Crippen LogP contribution >= 0.6 is 0 Å². The lowest BCUT2D eigenvalue weighted by molar-refractivity contribution is -0.144. The standard InChI is InChI=1S/C26H48N2O4/c1-3-4-5-6-7-8-9-10-11-12-13-14-15-16-26(30)32-24-22-28-19-17-27(18-20-28)21-23-31-25(2)29/h8-9H,3-7,10-24H2,1-2H3/b9-8+. The van der Waals surface area contributed by atoms with Gasteiger partial charge in [0, 0.05) is 52.6 Å². The van der Waals surface area contributed by atoms with Crippen molar-refractivity contribution in [1.29, 1.82) is 0 Å². The lowest BCUT2D eigenvalue weighted by Crippen LogP contribution is -2.48. The predicted molar refractivity (Wildman–Crippen MR) is 131 cm³/mol. The lowest BCUT2D eigenvalue weighted by atomic mass is 10.1. The highest BCUT2D eigenvalue weighted by molar-refractivity contribution is 5.69. The van der Waals surface area contributed by atoms with Crippen molar-refractivity contribution in [3.05, 3.63) is 12.2 Å². The molecule has 0 aromatic carbocycles. The number of hydrogen-bond donors (Lipinski definition) is 0. The van der Waals surface area contributed by atoms with E-state index in [-0.39, 0.29) is 11.9 Å². The molecule has 1 heterocycles.